The lowest BCUT2D eigenvalue weighted by molar-refractivity contribution is 0.0167. The summed E-state index contributed by atoms with van der Waals surface area (Å²) in [4.78, 5) is 18.7. The van der Waals surface area contributed by atoms with E-state index < -0.39 is 0 Å². The lowest BCUT2D eigenvalue weighted by atomic mass is 10.1. The molecule has 1 saturated heterocycles. The van der Waals surface area contributed by atoms with Crippen LogP contribution in [0.1, 0.15) is 17.3 Å². The Labute approximate surface area is 147 Å². The molecule has 0 saturated carbocycles. The predicted octanol–water partition coefficient (Wildman–Crippen LogP) is 1.32. The van der Waals surface area contributed by atoms with Crippen LogP contribution in [0.5, 0.6) is 0 Å². The van der Waals surface area contributed by atoms with E-state index in [0.29, 0.717) is 25.4 Å². The molecule has 0 aliphatic carbocycles. The first kappa shape index (κ1) is 17.4. The summed E-state index contributed by atoms with van der Waals surface area (Å²) in [5.41, 5.74) is 2.64. The molecule has 3 rings (SSSR count). The first-order chi connectivity index (χ1) is 12.1. The van der Waals surface area contributed by atoms with Crippen LogP contribution >= 0.6 is 0 Å². The molecule has 0 radical (unpaired) electrons. The minimum atomic E-state index is -0.233. The van der Waals surface area contributed by atoms with Crippen molar-refractivity contribution in [3.63, 3.8) is 0 Å². The highest BCUT2D eigenvalue weighted by molar-refractivity contribution is 5.89. The molecule has 1 aliphatic rings. The van der Waals surface area contributed by atoms with E-state index in [1.54, 1.807) is 23.3 Å². The van der Waals surface area contributed by atoms with Gasteiger partial charge in [-0.2, -0.15) is 5.10 Å². The van der Waals surface area contributed by atoms with E-state index in [0.717, 1.165) is 24.3 Å². The molecule has 0 spiro atoms. The van der Waals surface area contributed by atoms with Gasteiger partial charge in [0.05, 0.1) is 30.6 Å². The fourth-order valence-electron chi connectivity index (χ4n) is 3.01. The SMILES string of the molecule is Cc1nn(C)cc1NC(=O)NC[C@H](c1ccncc1)N1CCOCC1. The zero-order valence-corrected chi connectivity index (χ0v) is 14.6. The summed E-state index contributed by atoms with van der Waals surface area (Å²) in [5, 5.41) is 10.1. The monoisotopic (exact) mass is 344 g/mol. The highest BCUT2D eigenvalue weighted by Crippen LogP contribution is 2.20. The molecule has 3 heterocycles. The minimum absolute atomic E-state index is 0.0904. The van der Waals surface area contributed by atoms with E-state index in [-0.39, 0.29) is 12.1 Å². The van der Waals surface area contributed by atoms with Crippen molar-refractivity contribution in [2.45, 2.75) is 13.0 Å². The molecule has 2 aromatic rings. The van der Waals surface area contributed by atoms with Crippen LogP contribution in [0, 0.1) is 6.92 Å². The van der Waals surface area contributed by atoms with Crippen LogP contribution in [-0.2, 0) is 11.8 Å². The summed E-state index contributed by atoms with van der Waals surface area (Å²) in [6.07, 6.45) is 5.35. The summed E-state index contributed by atoms with van der Waals surface area (Å²) in [6, 6.07) is 3.84. The van der Waals surface area contributed by atoms with Crippen LogP contribution in [0.25, 0.3) is 0 Å². The Bertz CT molecular complexity index is 696. The summed E-state index contributed by atoms with van der Waals surface area (Å²) >= 11 is 0. The molecular formula is C17H24N6O2. The van der Waals surface area contributed by atoms with Gasteiger partial charge in [-0.25, -0.2) is 4.79 Å². The molecule has 1 fully saturated rings. The topological polar surface area (TPSA) is 84.3 Å². The largest absolute Gasteiger partial charge is 0.379 e. The van der Waals surface area contributed by atoms with E-state index in [1.807, 2.05) is 26.1 Å². The molecular weight excluding hydrogens is 320 g/mol. The number of morpholine rings is 1. The lowest BCUT2D eigenvalue weighted by Gasteiger charge is -2.34. The van der Waals surface area contributed by atoms with Crippen molar-refractivity contribution in [3.8, 4) is 0 Å². The fourth-order valence-corrected chi connectivity index (χ4v) is 3.01. The van der Waals surface area contributed by atoms with Crippen molar-refractivity contribution in [2.75, 3.05) is 38.2 Å². The number of aryl methyl sites for hydroxylation is 2. The number of ether oxygens (including phenoxy) is 1. The van der Waals surface area contributed by atoms with E-state index >= 15 is 0 Å². The van der Waals surface area contributed by atoms with Crippen molar-refractivity contribution in [1.82, 2.24) is 25.0 Å². The number of nitrogens with one attached hydrogen (secondary N) is 2. The average molecular weight is 344 g/mol. The maximum absolute atomic E-state index is 12.3. The standard InChI is InChI=1S/C17H24N6O2/c1-13-15(12-22(2)21-13)20-17(24)19-11-16(14-3-5-18-6-4-14)23-7-9-25-10-8-23/h3-6,12,16H,7-11H2,1-2H3,(H2,19,20,24)/t16-/m1/s1. The zero-order valence-electron chi connectivity index (χ0n) is 14.6. The molecule has 1 atom stereocenters. The molecule has 0 aromatic carbocycles. The van der Waals surface area contributed by atoms with Gasteiger partial charge in [0.1, 0.15) is 0 Å². The van der Waals surface area contributed by atoms with Crippen LogP contribution < -0.4 is 10.6 Å². The summed E-state index contributed by atoms with van der Waals surface area (Å²) in [6.45, 7) is 5.49. The number of rotatable bonds is 5. The maximum atomic E-state index is 12.3. The number of nitrogens with zero attached hydrogens (tertiary/aromatic N) is 4. The number of carbonyl (C=O) groups excluding carboxylic acids is 1. The molecule has 2 N–H and O–H groups in total. The van der Waals surface area contributed by atoms with Crippen LogP contribution in [0.2, 0.25) is 0 Å². The van der Waals surface area contributed by atoms with E-state index in [9.17, 15) is 4.79 Å². The van der Waals surface area contributed by atoms with Crippen molar-refractivity contribution in [3.05, 3.63) is 42.0 Å². The number of anilines is 1. The molecule has 0 bridgehead atoms. The van der Waals surface area contributed by atoms with Crippen molar-refractivity contribution in [2.24, 2.45) is 7.05 Å². The van der Waals surface area contributed by atoms with E-state index in [4.69, 9.17) is 4.74 Å². The minimum Gasteiger partial charge on any atom is -0.379 e. The number of hydrogen-bond acceptors (Lipinski definition) is 5. The third kappa shape index (κ3) is 4.55. The van der Waals surface area contributed by atoms with Crippen LogP contribution in [0.4, 0.5) is 10.5 Å². The van der Waals surface area contributed by atoms with Gasteiger partial charge in [0.25, 0.3) is 0 Å². The third-order valence-corrected chi connectivity index (χ3v) is 4.29. The second-order valence-electron chi connectivity index (χ2n) is 6.08. The number of aromatic nitrogens is 3. The number of hydrogen-bond donors (Lipinski definition) is 2. The highest BCUT2D eigenvalue weighted by atomic mass is 16.5. The molecule has 2 aromatic heterocycles. The molecule has 8 nitrogen and oxygen atoms in total. The normalized spacial score (nSPS) is 16.4. The first-order valence-electron chi connectivity index (χ1n) is 8.40. The lowest BCUT2D eigenvalue weighted by Crippen LogP contribution is -2.44. The Morgan fingerprint density at radius 2 is 2.04 bits per heavy atom. The van der Waals surface area contributed by atoms with Gasteiger partial charge < -0.3 is 15.4 Å². The molecule has 134 valence electrons. The van der Waals surface area contributed by atoms with E-state index in [1.165, 1.54) is 0 Å². The van der Waals surface area contributed by atoms with Crippen LogP contribution in [0.3, 0.4) is 0 Å². The second-order valence-corrected chi connectivity index (χ2v) is 6.08. The molecule has 8 heteroatoms. The van der Waals surface area contributed by atoms with Gasteiger partial charge in [0.15, 0.2) is 0 Å². The van der Waals surface area contributed by atoms with Crippen LogP contribution in [0.15, 0.2) is 30.7 Å². The van der Waals surface area contributed by atoms with Crippen molar-refractivity contribution < 1.29 is 9.53 Å². The Morgan fingerprint density at radius 1 is 1.32 bits per heavy atom. The highest BCUT2D eigenvalue weighted by Gasteiger charge is 2.23. The van der Waals surface area contributed by atoms with Gasteiger partial charge in [-0.15, -0.1) is 0 Å². The molecule has 1 aliphatic heterocycles. The molecule has 2 amide bonds. The average Bonchev–Trinajstić information content (AvgIpc) is 2.94. The van der Waals surface area contributed by atoms with Gasteiger partial charge in [-0.05, 0) is 24.6 Å². The second kappa shape index (κ2) is 8.09. The van der Waals surface area contributed by atoms with Gasteiger partial charge in [-0.1, -0.05) is 0 Å². The number of carbonyl (C=O) groups is 1. The quantitative estimate of drug-likeness (QED) is 0.855. The van der Waals surface area contributed by atoms with Crippen molar-refractivity contribution in [1.29, 1.82) is 0 Å². The van der Waals surface area contributed by atoms with Gasteiger partial charge in [0, 0.05) is 45.3 Å². The Hall–Kier alpha value is -2.45. The van der Waals surface area contributed by atoms with Crippen LogP contribution in [-0.4, -0.2) is 58.5 Å². The van der Waals surface area contributed by atoms with E-state index in [2.05, 4.69) is 25.6 Å². The number of pyridine rings is 1. The Kier molecular flexibility index (Phi) is 5.62. The fraction of sp³-hybridized carbons (Fsp3) is 0.471. The van der Waals surface area contributed by atoms with Crippen molar-refractivity contribution >= 4 is 11.7 Å². The number of urea groups is 1. The Morgan fingerprint density at radius 3 is 2.68 bits per heavy atom. The summed E-state index contributed by atoms with van der Waals surface area (Å²) in [7, 11) is 1.83. The molecule has 0 unspecified atom stereocenters. The van der Waals surface area contributed by atoms with Gasteiger partial charge in [-0.3, -0.25) is 14.6 Å². The maximum Gasteiger partial charge on any atom is 0.319 e. The molecule has 25 heavy (non-hydrogen) atoms. The Balaban J connectivity index is 1.63. The summed E-state index contributed by atoms with van der Waals surface area (Å²) in [5.74, 6) is 0. The number of amides is 2. The van der Waals surface area contributed by atoms with Gasteiger partial charge in [0.2, 0.25) is 0 Å². The first-order valence-corrected chi connectivity index (χ1v) is 8.40. The van der Waals surface area contributed by atoms with Gasteiger partial charge >= 0.3 is 6.03 Å². The zero-order chi connectivity index (χ0) is 17.6. The smallest absolute Gasteiger partial charge is 0.319 e. The predicted molar refractivity (Wildman–Crippen MR) is 94.3 cm³/mol. The summed E-state index contributed by atoms with van der Waals surface area (Å²) < 4.78 is 7.12. The third-order valence-electron chi connectivity index (χ3n) is 4.29.